The topological polar surface area (TPSA) is 128 Å². The first-order valence-corrected chi connectivity index (χ1v) is 20.6. The third-order valence-electron chi connectivity index (χ3n) is 9.33. The number of sulfonamides is 1. The van der Waals surface area contributed by atoms with Crippen LogP contribution in [0.5, 0.6) is 5.75 Å². The van der Waals surface area contributed by atoms with Crippen molar-refractivity contribution in [3.63, 3.8) is 0 Å². The van der Waals surface area contributed by atoms with Gasteiger partial charge in [-0.3, -0.25) is 9.10 Å². The number of amides is 1. The van der Waals surface area contributed by atoms with E-state index in [-0.39, 0.29) is 70.2 Å². The summed E-state index contributed by atoms with van der Waals surface area (Å²) in [5.74, 6) is -2.64. The Balaban J connectivity index is 1.57. The Morgan fingerprint density at radius 1 is 1.02 bits per heavy atom. The fourth-order valence-electron chi connectivity index (χ4n) is 6.86. The molecule has 0 saturated carbocycles. The average Bonchev–Trinajstić information content (AvgIpc) is 3.54. The molecule has 17 heteroatoms. The van der Waals surface area contributed by atoms with E-state index < -0.39 is 57.7 Å². The zero-order valence-corrected chi connectivity index (χ0v) is 33.5. The molecule has 3 heterocycles. The summed E-state index contributed by atoms with van der Waals surface area (Å²) in [6, 6.07) is 15.7. The minimum Gasteiger partial charge on any atom is -0.486 e. The first-order chi connectivity index (χ1) is 27.3. The number of anilines is 2. The Morgan fingerprint density at radius 3 is 2.40 bits per heavy atom. The van der Waals surface area contributed by atoms with Crippen molar-refractivity contribution in [1.82, 2.24) is 20.1 Å². The quantitative estimate of drug-likeness (QED) is 0.113. The Morgan fingerprint density at radius 2 is 1.76 bits per heavy atom. The number of carbonyl (C=O) groups excluding carboxylic acids is 1. The molecule has 58 heavy (non-hydrogen) atoms. The van der Waals surface area contributed by atoms with Crippen molar-refractivity contribution < 1.29 is 44.6 Å². The number of nitrogens with zero attached hydrogens (tertiary/aromatic N) is 4. The van der Waals surface area contributed by atoms with E-state index >= 15 is 4.39 Å². The number of alkyl halides is 3. The van der Waals surface area contributed by atoms with Crippen LogP contribution in [0.15, 0.2) is 66.7 Å². The van der Waals surface area contributed by atoms with Gasteiger partial charge in [-0.25, -0.2) is 26.9 Å². The molecule has 1 aliphatic heterocycles. The molecule has 1 unspecified atom stereocenters. The Labute approximate surface area is 333 Å². The van der Waals surface area contributed by atoms with Crippen LogP contribution >= 0.6 is 0 Å². The molecule has 1 aliphatic rings. The first kappa shape index (κ1) is 42.3. The van der Waals surface area contributed by atoms with Gasteiger partial charge in [0.15, 0.2) is 23.5 Å². The Kier molecular flexibility index (Phi) is 12.3. The zero-order valence-electron chi connectivity index (χ0n) is 32.7. The maximum Gasteiger partial charge on any atom is 0.393 e. The van der Waals surface area contributed by atoms with E-state index in [0.29, 0.717) is 18.6 Å². The number of fused-ring (bicyclic) bond motifs is 1. The van der Waals surface area contributed by atoms with Gasteiger partial charge in [0.25, 0.3) is 5.91 Å². The molecule has 0 bridgehead atoms. The van der Waals surface area contributed by atoms with Crippen LogP contribution < -0.4 is 19.7 Å². The van der Waals surface area contributed by atoms with Crippen LogP contribution in [-0.2, 0) is 34.3 Å². The highest BCUT2D eigenvalue weighted by molar-refractivity contribution is 7.92. The second-order valence-electron chi connectivity index (χ2n) is 15.1. The molecule has 1 saturated heterocycles. The van der Waals surface area contributed by atoms with E-state index in [4.69, 9.17) is 19.6 Å². The lowest BCUT2D eigenvalue weighted by Gasteiger charge is -2.24. The van der Waals surface area contributed by atoms with Crippen LogP contribution in [0.3, 0.4) is 0 Å². The van der Waals surface area contributed by atoms with Crippen molar-refractivity contribution in [2.45, 2.75) is 84.5 Å². The van der Waals surface area contributed by atoms with E-state index in [0.717, 1.165) is 47.7 Å². The molecule has 310 valence electrons. The van der Waals surface area contributed by atoms with Crippen LogP contribution in [-0.4, -0.2) is 60.2 Å². The second kappa shape index (κ2) is 16.9. The van der Waals surface area contributed by atoms with Crippen molar-refractivity contribution in [1.29, 1.82) is 0 Å². The number of pyridine rings is 1. The summed E-state index contributed by atoms with van der Waals surface area (Å²) >= 11 is 0. The summed E-state index contributed by atoms with van der Waals surface area (Å²) in [6.07, 6.45) is -3.78. The SMILES string of the molecule is CCN(c1ccc(F)cc1CNc1nc(-c2cc(F)c(OCc3ccccc3)cc2CC(F)(F)F)cc2c1c(C(=O)NC(C)(C)C)nn2C1CCCCO1)S(C)(=O)=O. The van der Waals surface area contributed by atoms with E-state index in [1.54, 1.807) is 58.0 Å². The summed E-state index contributed by atoms with van der Waals surface area (Å²) < 4.78 is 113. The highest BCUT2D eigenvalue weighted by atomic mass is 32.2. The number of carbonyl (C=O) groups is 1. The molecule has 1 atom stereocenters. The second-order valence-corrected chi connectivity index (χ2v) is 17.0. The van der Waals surface area contributed by atoms with Crippen LogP contribution in [0.25, 0.3) is 22.2 Å². The van der Waals surface area contributed by atoms with E-state index in [2.05, 4.69) is 10.6 Å². The number of rotatable bonds is 13. The number of ether oxygens (including phenoxy) is 2. The standard InChI is InChI=1S/C41H45F5N6O5S/c1-6-51(58(5,54)55)32-16-15-28(42)18-27(32)23-47-38-36-33(52(35-14-10-11-17-56-35)50-37(36)39(53)49-40(2,3)4)21-31(48-38)29-20-30(43)34(19-26(29)22-41(44,45)46)57-24-25-12-8-7-9-13-25/h7-9,12-13,15-16,18-21,35H,6,10-11,14,17,22-24H2,1-5H3,(H,47,48)(H,49,53). The maximum atomic E-state index is 15.9. The van der Waals surface area contributed by atoms with Crippen LogP contribution in [0.4, 0.5) is 33.5 Å². The van der Waals surface area contributed by atoms with Gasteiger partial charge >= 0.3 is 6.18 Å². The summed E-state index contributed by atoms with van der Waals surface area (Å²) in [5, 5.41) is 10.9. The van der Waals surface area contributed by atoms with Crippen LogP contribution in [0, 0.1) is 11.6 Å². The molecule has 0 spiro atoms. The number of benzene rings is 3. The summed E-state index contributed by atoms with van der Waals surface area (Å²) in [5.41, 5.74) is -0.154. The molecular formula is C41H45F5N6O5S. The van der Waals surface area contributed by atoms with Gasteiger partial charge in [0.1, 0.15) is 18.2 Å². The fraction of sp³-hybridized carbons (Fsp3) is 0.390. The molecular weight excluding hydrogens is 784 g/mol. The first-order valence-electron chi connectivity index (χ1n) is 18.7. The lowest BCUT2D eigenvalue weighted by molar-refractivity contribution is -0.127. The number of hydrogen-bond donors (Lipinski definition) is 2. The van der Waals surface area contributed by atoms with Crippen molar-refractivity contribution in [3.8, 4) is 17.0 Å². The van der Waals surface area contributed by atoms with Gasteiger partial charge in [-0.15, -0.1) is 0 Å². The van der Waals surface area contributed by atoms with Gasteiger partial charge in [0.05, 0.1) is 35.0 Å². The summed E-state index contributed by atoms with van der Waals surface area (Å²) in [4.78, 5) is 18.7. The van der Waals surface area contributed by atoms with E-state index in [1.165, 1.54) is 16.8 Å². The lowest BCUT2D eigenvalue weighted by Crippen LogP contribution is -2.41. The minimum atomic E-state index is -4.72. The molecule has 5 aromatic rings. The van der Waals surface area contributed by atoms with Crippen molar-refractivity contribution >= 4 is 38.3 Å². The molecule has 1 fully saturated rings. The highest BCUT2D eigenvalue weighted by Gasteiger charge is 2.33. The summed E-state index contributed by atoms with van der Waals surface area (Å²) in [7, 11) is -3.81. The van der Waals surface area contributed by atoms with Gasteiger partial charge < -0.3 is 20.1 Å². The van der Waals surface area contributed by atoms with E-state index in [1.807, 2.05) is 0 Å². The minimum absolute atomic E-state index is 0.0271. The third kappa shape index (κ3) is 10.0. The van der Waals surface area contributed by atoms with E-state index in [9.17, 15) is 30.8 Å². The molecule has 3 aromatic carbocycles. The van der Waals surface area contributed by atoms with Crippen molar-refractivity contribution in [3.05, 3.63) is 101 Å². The van der Waals surface area contributed by atoms with Crippen molar-refractivity contribution in [2.75, 3.05) is 29.0 Å². The van der Waals surface area contributed by atoms with Crippen LogP contribution in [0.2, 0.25) is 0 Å². The molecule has 2 aromatic heterocycles. The largest absolute Gasteiger partial charge is 0.486 e. The number of hydrogen-bond acceptors (Lipinski definition) is 8. The van der Waals surface area contributed by atoms with Gasteiger partial charge in [-0.05, 0) is 100 Å². The van der Waals surface area contributed by atoms with Crippen molar-refractivity contribution in [2.24, 2.45) is 0 Å². The molecule has 0 radical (unpaired) electrons. The van der Waals surface area contributed by atoms with Gasteiger partial charge in [-0.2, -0.15) is 18.3 Å². The number of aromatic nitrogens is 3. The highest BCUT2D eigenvalue weighted by Crippen LogP contribution is 2.39. The summed E-state index contributed by atoms with van der Waals surface area (Å²) in [6.45, 7) is 7.01. The molecule has 2 N–H and O–H groups in total. The Bertz CT molecular complexity index is 2390. The average molecular weight is 829 g/mol. The van der Waals surface area contributed by atoms with Gasteiger partial charge in [0, 0.05) is 30.8 Å². The Hall–Kier alpha value is -5.29. The predicted molar refractivity (Wildman–Crippen MR) is 211 cm³/mol. The predicted octanol–water partition coefficient (Wildman–Crippen LogP) is 8.69. The fourth-order valence-corrected chi connectivity index (χ4v) is 7.87. The molecule has 6 rings (SSSR count). The molecule has 1 amide bonds. The smallest absolute Gasteiger partial charge is 0.393 e. The van der Waals surface area contributed by atoms with Gasteiger partial charge in [-0.1, -0.05) is 30.3 Å². The molecule has 0 aliphatic carbocycles. The van der Waals surface area contributed by atoms with Crippen LogP contribution in [0.1, 0.15) is 80.4 Å². The normalized spacial score (nSPS) is 15.0. The maximum absolute atomic E-state index is 15.9. The third-order valence-corrected chi connectivity index (χ3v) is 10.6. The number of halogens is 5. The zero-order chi connectivity index (χ0) is 42.0. The van der Waals surface area contributed by atoms with Gasteiger partial charge in [0.2, 0.25) is 10.0 Å². The molecule has 11 nitrogen and oxygen atoms in total. The lowest BCUT2D eigenvalue weighted by atomic mass is 9.99. The number of nitrogens with one attached hydrogen (secondary N) is 2. The monoisotopic (exact) mass is 828 g/mol.